The minimum absolute atomic E-state index is 0.0784. The number of rotatable bonds is 6. The lowest BCUT2D eigenvalue weighted by Gasteiger charge is -2.17. The topological polar surface area (TPSA) is 53.6 Å². The zero-order valence-corrected chi connectivity index (χ0v) is 12.2. The molecule has 2 N–H and O–H groups in total. The molecule has 1 atom stereocenters. The van der Waals surface area contributed by atoms with Gasteiger partial charge < -0.3 is 5.32 Å². The van der Waals surface area contributed by atoms with E-state index < -0.39 is 0 Å². The summed E-state index contributed by atoms with van der Waals surface area (Å²) in [7, 11) is 0. The van der Waals surface area contributed by atoms with Gasteiger partial charge in [-0.15, -0.1) is 0 Å². The van der Waals surface area contributed by atoms with Crippen LogP contribution in [0.3, 0.4) is 0 Å². The highest BCUT2D eigenvalue weighted by atomic mass is 35.5. The van der Waals surface area contributed by atoms with Gasteiger partial charge in [0.05, 0.1) is 28.0 Å². The first kappa shape index (κ1) is 14.3. The molecular weight excluding hydrogens is 283 g/mol. The quantitative estimate of drug-likeness (QED) is 0.859. The SMILES string of the molecule is CCCNC(Cc1cccc(Cl)c1Cl)c1cn[nH]n1. The first-order chi connectivity index (χ1) is 9.22. The molecule has 0 aliphatic heterocycles. The van der Waals surface area contributed by atoms with Gasteiger partial charge in [0.25, 0.3) is 0 Å². The summed E-state index contributed by atoms with van der Waals surface area (Å²) in [6.07, 6.45) is 3.51. The fourth-order valence-corrected chi connectivity index (χ4v) is 2.30. The minimum atomic E-state index is 0.0784. The molecule has 2 rings (SSSR count). The number of H-pyrrole nitrogens is 1. The van der Waals surface area contributed by atoms with Gasteiger partial charge in [0.15, 0.2) is 0 Å². The Balaban J connectivity index is 2.18. The third-order valence-corrected chi connectivity index (χ3v) is 3.75. The zero-order valence-electron chi connectivity index (χ0n) is 10.7. The Bertz CT molecular complexity index is 513. The van der Waals surface area contributed by atoms with Crippen LogP contribution >= 0.6 is 23.2 Å². The molecule has 0 saturated carbocycles. The highest BCUT2D eigenvalue weighted by Crippen LogP contribution is 2.28. The van der Waals surface area contributed by atoms with Gasteiger partial charge in [-0.25, -0.2) is 0 Å². The molecule has 2 aromatic rings. The largest absolute Gasteiger partial charge is 0.308 e. The Morgan fingerprint density at radius 3 is 2.89 bits per heavy atom. The molecule has 19 heavy (non-hydrogen) atoms. The molecule has 6 heteroatoms. The highest BCUT2D eigenvalue weighted by molar-refractivity contribution is 6.42. The number of nitrogens with one attached hydrogen (secondary N) is 2. The molecule has 0 fully saturated rings. The molecule has 102 valence electrons. The van der Waals surface area contributed by atoms with Crippen LogP contribution in [-0.2, 0) is 6.42 Å². The number of aromatic amines is 1. The normalized spacial score (nSPS) is 12.6. The molecule has 1 heterocycles. The van der Waals surface area contributed by atoms with Crippen molar-refractivity contribution in [1.82, 2.24) is 20.7 Å². The van der Waals surface area contributed by atoms with Crippen molar-refractivity contribution in [3.63, 3.8) is 0 Å². The molecule has 0 aliphatic carbocycles. The van der Waals surface area contributed by atoms with Crippen LogP contribution in [0.25, 0.3) is 0 Å². The third-order valence-electron chi connectivity index (χ3n) is 2.89. The average molecular weight is 299 g/mol. The van der Waals surface area contributed by atoms with Crippen molar-refractivity contribution >= 4 is 23.2 Å². The fourth-order valence-electron chi connectivity index (χ4n) is 1.90. The molecule has 1 aromatic carbocycles. The number of nitrogens with zero attached hydrogens (tertiary/aromatic N) is 2. The Morgan fingerprint density at radius 2 is 2.21 bits per heavy atom. The molecule has 1 aromatic heterocycles. The monoisotopic (exact) mass is 298 g/mol. The third kappa shape index (κ3) is 3.69. The predicted molar refractivity (Wildman–Crippen MR) is 77.6 cm³/mol. The van der Waals surface area contributed by atoms with Crippen molar-refractivity contribution in [2.24, 2.45) is 0 Å². The predicted octanol–water partition coefficient (Wildman–Crippen LogP) is 3.39. The smallest absolute Gasteiger partial charge is 0.0997 e. The Kier molecular flexibility index (Phi) is 5.19. The van der Waals surface area contributed by atoms with E-state index in [1.807, 2.05) is 12.1 Å². The van der Waals surface area contributed by atoms with E-state index >= 15 is 0 Å². The Morgan fingerprint density at radius 1 is 1.37 bits per heavy atom. The molecule has 4 nitrogen and oxygen atoms in total. The van der Waals surface area contributed by atoms with Gasteiger partial charge in [-0.05, 0) is 31.0 Å². The van der Waals surface area contributed by atoms with Crippen LogP contribution in [0.2, 0.25) is 10.0 Å². The van der Waals surface area contributed by atoms with Gasteiger partial charge in [-0.3, -0.25) is 0 Å². The maximum absolute atomic E-state index is 6.23. The summed E-state index contributed by atoms with van der Waals surface area (Å²) >= 11 is 12.3. The van der Waals surface area contributed by atoms with Crippen molar-refractivity contribution < 1.29 is 0 Å². The second-order valence-electron chi connectivity index (χ2n) is 4.32. The number of benzene rings is 1. The van der Waals surface area contributed by atoms with Crippen molar-refractivity contribution in [3.8, 4) is 0 Å². The van der Waals surface area contributed by atoms with Crippen molar-refractivity contribution in [3.05, 3.63) is 45.7 Å². The minimum Gasteiger partial charge on any atom is -0.308 e. The van der Waals surface area contributed by atoms with Gasteiger partial charge in [-0.2, -0.15) is 15.4 Å². The first-order valence-electron chi connectivity index (χ1n) is 6.24. The molecule has 0 amide bonds. The van der Waals surface area contributed by atoms with E-state index in [1.165, 1.54) is 0 Å². The van der Waals surface area contributed by atoms with Crippen LogP contribution in [-0.4, -0.2) is 22.0 Å². The number of hydrogen-bond donors (Lipinski definition) is 2. The van der Waals surface area contributed by atoms with Crippen LogP contribution in [0.5, 0.6) is 0 Å². The van der Waals surface area contributed by atoms with Gasteiger partial charge in [0, 0.05) is 0 Å². The lowest BCUT2D eigenvalue weighted by Crippen LogP contribution is -2.24. The number of halogens is 2. The maximum Gasteiger partial charge on any atom is 0.0997 e. The Labute approximate surface area is 122 Å². The first-order valence-corrected chi connectivity index (χ1v) is 7.00. The molecule has 0 saturated heterocycles. The summed E-state index contributed by atoms with van der Waals surface area (Å²) < 4.78 is 0. The van der Waals surface area contributed by atoms with Crippen LogP contribution in [0.1, 0.15) is 30.6 Å². The van der Waals surface area contributed by atoms with Gasteiger partial charge in [0.2, 0.25) is 0 Å². The van der Waals surface area contributed by atoms with E-state index in [2.05, 4.69) is 27.7 Å². The average Bonchev–Trinajstić information content (AvgIpc) is 2.93. The lowest BCUT2D eigenvalue weighted by atomic mass is 10.0. The van der Waals surface area contributed by atoms with E-state index in [4.69, 9.17) is 23.2 Å². The molecular formula is C13H16Cl2N4. The number of aromatic nitrogens is 3. The van der Waals surface area contributed by atoms with Crippen LogP contribution in [0, 0.1) is 0 Å². The molecule has 0 spiro atoms. The second kappa shape index (κ2) is 6.89. The zero-order chi connectivity index (χ0) is 13.7. The van der Waals surface area contributed by atoms with Crippen LogP contribution in [0.15, 0.2) is 24.4 Å². The van der Waals surface area contributed by atoms with E-state index in [1.54, 1.807) is 12.3 Å². The summed E-state index contributed by atoms with van der Waals surface area (Å²) in [6, 6.07) is 5.76. The van der Waals surface area contributed by atoms with Crippen molar-refractivity contribution in [2.45, 2.75) is 25.8 Å². The maximum atomic E-state index is 6.23. The second-order valence-corrected chi connectivity index (χ2v) is 5.10. The summed E-state index contributed by atoms with van der Waals surface area (Å²) in [5.74, 6) is 0. The Hall–Kier alpha value is -1.10. The van der Waals surface area contributed by atoms with Gasteiger partial charge in [0.1, 0.15) is 0 Å². The van der Waals surface area contributed by atoms with Gasteiger partial charge >= 0.3 is 0 Å². The highest BCUT2D eigenvalue weighted by Gasteiger charge is 2.16. The van der Waals surface area contributed by atoms with Gasteiger partial charge in [-0.1, -0.05) is 42.3 Å². The van der Waals surface area contributed by atoms with Crippen LogP contribution in [0.4, 0.5) is 0 Å². The molecule has 0 radical (unpaired) electrons. The standard InChI is InChI=1S/C13H16Cl2N4/c1-2-6-16-11(12-8-17-19-18-12)7-9-4-3-5-10(14)13(9)15/h3-5,8,11,16H,2,6-7H2,1H3,(H,17,18,19). The molecule has 0 aliphatic rings. The van der Waals surface area contributed by atoms with Crippen molar-refractivity contribution in [2.75, 3.05) is 6.54 Å². The lowest BCUT2D eigenvalue weighted by molar-refractivity contribution is 0.517. The van der Waals surface area contributed by atoms with Crippen LogP contribution < -0.4 is 5.32 Å². The number of hydrogen-bond acceptors (Lipinski definition) is 3. The van der Waals surface area contributed by atoms with E-state index in [0.29, 0.717) is 10.0 Å². The summed E-state index contributed by atoms with van der Waals surface area (Å²) in [5, 5.41) is 15.3. The van der Waals surface area contributed by atoms with E-state index in [0.717, 1.165) is 30.6 Å². The van der Waals surface area contributed by atoms with E-state index in [9.17, 15) is 0 Å². The van der Waals surface area contributed by atoms with Crippen molar-refractivity contribution in [1.29, 1.82) is 0 Å². The fraction of sp³-hybridized carbons (Fsp3) is 0.385. The van der Waals surface area contributed by atoms with E-state index in [-0.39, 0.29) is 6.04 Å². The molecule has 1 unspecified atom stereocenters. The summed E-state index contributed by atoms with van der Waals surface area (Å²) in [4.78, 5) is 0. The molecule has 0 bridgehead atoms. The summed E-state index contributed by atoms with van der Waals surface area (Å²) in [6.45, 7) is 3.04. The summed E-state index contributed by atoms with van der Waals surface area (Å²) in [5.41, 5.74) is 1.88.